The van der Waals surface area contributed by atoms with Crippen LogP contribution in [0.4, 0.5) is 4.39 Å². The molecule has 0 unspecified atom stereocenters. The third-order valence-electron chi connectivity index (χ3n) is 2.81. The van der Waals surface area contributed by atoms with Crippen molar-refractivity contribution >= 4 is 9.84 Å². The predicted octanol–water partition coefficient (Wildman–Crippen LogP) is 2.07. The summed E-state index contributed by atoms with van der Waals surface area (Å²) in [5.41, 5.74) is 0.300. The second-order valence-corrected chi connectivity index (χ2v) is 6.41. The van der Waals surface area contributed by atoms with E-state index in [4.69, 9.17) is 0 Å². The zero-order valence-electron chi connectivity index (χ0n) is 9.93. The molecule has 0 fully saturated rings. The lowest BCUT2D eigenvalue weighted by atomic mass is 10.1. The van der Waals surface area contributed by atoms with Gasteiger partial charge in [0.25, 0.3) is 0 Å². The molecular formula is C12H17FO3S. The van der Waals surface area contributed by atoms with Crippen molar-refractivity contribution < 1.29 is 17.9 Å². The van der Waals surface area contributed by atoms with E-state index in [9.17, 15) is 17.9 Å². The van der Waals surface area contributed by atoms with Crippen molar-refractivity contribution in [2.45, 2.75) is 31.6 Å². The van der Waals surface area contributed by atoms with E-state index < -0.39 is 27.0 Å². The summed E-state index contributed by atoms with van der Waals surface area (Å²) < 4.78 is 36.6. The molecule has 0 aliphatic carbocycles. The summed E-state index contributed by atoms with van der Waals surface area (Å²) in [6, 6.07) is 5.41. The molecule has 3 nitrogen and oxygen atoms in total. The SMILES string of the molecule is CC[C@@H]([C@H](O)c1cccc(F)c1)S(=O)(=O)CC. The third-order valence-corrected chi connectivity index (χ3v) is 5.13. The molecule has 0 aliphatic rings. The van der Waals surface area contributed by atoms with Crippen LogP contribution in [0.5, 0.6) is 0 Å². The van der Waals surface area contributed by atoms with Crippen molar-refractivity contribution in [3.8, 4) is 0 Å². The summed E-state index contributed by atoms with van der Waals surface area (Å²) in [4.78, 5) is 0. The first-order valence-corrected chi connectivity index (χ1v) is 7.29. The van der Waals surface area contributed by atoms with E-state index in [1.807, 2.05) is 0 Å². The lowest BCUT2D eigenvalue weighted by Crippen LogP contribution is -2.29. The van der Waals surface area contributed by atoms with E-state index in [1.54, 1.807) is 6.92 Å². The van der Waals surface area contributed by atoms with Gasteiger partial charge in [-0.2, -0.15) is 0 Å². The number of hydrogen-bond donors (Lipinski definition) is 1. The fourth-order valence-corrected chi connectivity index (χ4v) is 3.28. The Morgan fingerprint density at radius 1 is 1.35 bits per heavy atom. The number of rotatable bonds is 5. The molecule has 1 aromatic rings. The van der Waals surface area contributed by atoms with E-state index in [-0.39, 0.29) is 5.75 Å². The summed E-state index contributed by atoms with van der Waals surface area (Å²) in [6.45, 7) is 3.23. The van der Waals surface area contributed by atoms with Gasteiger partial charge in [0.05, 0.1) is 11.4 Å². The molecule has 0 saturated carbocycles. The van der Waals surface area contributed by atoms with E-state index in [1.165, 1.54) is 31.2 Å². The van der Waals surface area contributed by atoms with Crippen LogP contribution in [-0.4, -0.2) is 24.5 Å². The fourth-order valence-electron chi connectivity index (χ4n) is 1.79. The molecule has 0 aromatic heterocycles. The van der Waals surface area contributed by atoms with Gasteiger partial charge in [0, 0.05) is 5.75 Å². The van der Waals surface area contributed by atoms with Crippen LogP contribution >= 0.6 is 0 Å². The number of aliphatic hydroxyl groups is 1. The molecular weight excluding hydrogens is 243 g/mol. The Morgan fingerprint density at radius 2 is 2.00 bits per heavy atom. The predicted molar refractivity (Wildman–Crippen MR) is 64.9 cm³/mol. The maximum Gasteiger partial charge on any atom is 0.155 e. The normalized spacial score (nSPS) is 15.5. The number of aliphatic hydroxyl groups excluding tert-OH is 1. The molecule has 0 amide bonds. The molecule has 17 heavy (non-hydrogen) atoms. The first kappa shape index (κ1) is 14.1. The van der Waals surface area contributed by atoms with Crippen LogP contribution in [0.15, 0.2) is 24.3 Å². The monoisotopic (exact) mass is 260 g/mol. The summed E-state index contributed by atoms with van der Waals surface area (Å²) >= 11 is 0. The van der Waals surface area contributed by atoms with Gasteiger partial charge < -0.3 is 5.11 Å². The first-order valence-electron chi connectivity index (χ1n) is 5.57. The van der Waals surface area contributed by atoms with Crippen LogP contribution in [0.1, 0.15) is 31.9 Å². The number of halogens is 1. The van der Waals surface area contributed by atoms with Gasteiger partial charge in [-0.1, -0.05) is 26.0 Å². The van der Waals surface area contributed by atoms with Gasteiger partial charge >= 0.3 is 0 Å². The highest BCUT2D eigenvalue weighted by atomic mass is 32.2. The molecule has 1 N–H and O–H groups in total. The van der Waals surface area contributed by atoms with E-state index in [0.717, 1.165) is 0 Å². The average molecular weight is 260 g/mol. The van der Waals surface area contributed by atoms with Gasteiger partial charge in [-0.15, -0.1) is 0 Å². The highest BCUT2D eigenvalue weighted by Gasteiger charge is 2.30. The van der Waals surface area contributed by atoms with Gasteiger partial charge in [0.15, 0.2) is 9.84 Å². The molecule has 0 bridgehead atoms. The highest BCUT2D eigenvalue weighted by molar-refractivity contribution is 7.92. The molecule has 0 heterocycles. The molecule has 1 rings (SSSR count). The van der Waals surface area contributed by atoms with Gasteiger partial charge in [0.1, 0.15) is 5.82 Å². The van der Waals surface area contributed by atoms with Crippen LogP contribution in [0, 0.1) is 5.82 Å². The van der Waals surface area contributed by atoms with E-state index in [2.05, 4.69) is 0 Å². The van der Waals surface area contributed by atoms with E-state index >= 15 is 0 Å². The Kier molecular flexibility index (Phi) is 4.65. The smallest absolute Gasteiger partial charge is 0.155 e. The van der Waals surface area contributed by atoms with Crippen LogP contribution < -0.4 is 0 Å². The minimum Gasteiger partial charge on any atom is -0.387 e. The first-order chi connectivity index (χ1) is 7.92. The Balaban J connectivity index is 3.06. The minimum atomic E-state index is -3.34. The maximum absolute atomic E-state index is 13.0. The average Bonchev–Trinajstić information content (AvgIpc) is 2.29. The largest absolute Gasteiger partial charge is 0.387 e. The number of sulfone groups is 1. The van der Waals surface area contributed by atoms with Gasteiger partial charge in [-0.25, -0.2) is 12.8 Å². The molecule has 0 aliphatic heterocycles. The van der Waals surface area contributed by atoms with E-state index in [0.29, 0.717) is 12.0 Å². The maximum atomic E-state index is 13.0. The van der Waals surface area contributed by atoms with Gasteiger partial charge in [-0.3, -0.25) is 0 Å². The summed E-state index contributed by atoms with van der Waals surface area (Å²) in [5, 5.41) is 9.15. The van der Waals surface area contributed by atoms with Crippen molar-refractivity contribution in [2.75, 3.05) is 5.75 Å². The zero-order chi connectivity index (χ0) is 13.1. The third kappa shape index (κ3) is 3.26. The topological polar surface area (TPSA) is 54.4 Å². The van der Waals surface area contributed by atoms with Gasteiger partial charge in [-0.05, 0) is 24.1 Å². The summed E-state index contributed by atoms with van der Waals surface area (Å²) in [5.74, 6) is -0.511. The van der Waals surface area contributed by atoms with Crippen molar-refractivity contribution in [2.24, 2.45) is 0 Å². The van der Waals surface area contributed by atoms with Gasteiger partial charge in [0.2, 0.25) is 0 Å². The van der Waals surface area contributed by atoms with Crippen molar-refractivity contribution in [3.05, 3.63) is 35.6 Å². The lowest BCUT2D eigenvalue weighted by Gasteiger charge is -2.21. The summed E-state index contributed by atoms with van der Waals surface area (Å²) in [7, 11) is -3.34. The molecule has 96 valence electrons. The minimum absolute atomic E-state index is 0.0299. The number of benzene rings is 1. The molecule has 1 aromatic carbocycles. The summed E-state index contributed by atoms with van der Waals surface area (Å²) in [6.07, 6.45) is -0.880. The van der Waals surface area contributed by atoms with Crippen molar-refractivity contribution in [1.82, 2.24) is 0 Å². The Morgan fingerprint density at radius 3 is 2.47 bits per heavy atom. The second-order valence-electron chi connectivity index (χ2n) is 3.90. The fraction of sp³-hybridized carbons (Fsp3) is 0.500. The second kappa shape index (κ2) is 5.60. The highest BCUT2D eigenvalue weighted by Crippen LogP contribution is 2.25. The number of hydrogen-bond acceptors (Lipinski definition) is 3. The Hall–Kier alpha value is -0.940. The molecule has 0 spiro atoms. The quantitative estimate of drug-likeness (QED) is 0.881. The Labute approximate surface area is 101 Å². The molecule has 2 atom stereocenters. The van der Waals surface area contributed by atoms with Crippen molar-refractivity contribution in [1.29, 1.82) is 0 Å². The standard InChI is InChI=1S/C12H17FO3S/c1-3-11(17(15,16)4-2)12(14)9-6-5-7-10(13)8-9/h5-8,11-12,14H,3-4H2,1-2H3/t11-,12+/m0/s1. The Bertz CT molecular complexity index is 470. The van der Waals surface area contributed by atoms with Crippen molar-refractivity contribution in [3.63, 3.8) is 0 Å². The molecule has 0 saturated heterocycles. The zero-order valence-corrected chi connectivity index (χ0v) is 10.7. The molecule has 0 radical (unpaired) electrons. The molecule has 5 heteroatoms. The van der Waals surface area contributed by atoms with Crippen LogP contribution in [0.2, 0.25) is 0 Å². The van der Waals surface area contributed by atoms with Crippen LogP contribution in [-0.2, 0) is 9.84 Å². The lowest BCUT2D eigenvalue weighted by molar-refractivity contribution is 0.168. The van der Waals surface area contributed by atoms with Crippen LogP contribution in [0.3, 0.4) is 0 Å². The van der Waals surface area contributed by atoms with Crippen LogP contribution in [0.25, 0.3) is 0 Å².